The van der Waals surface area contributed by atoms with Crippen LogP contribution in [0.15, 0.2) is 51.8 Å². The van der Waals surface area contributed by atoms with Crippen LogP contribution in [0, 0.1) is 0 Å². The second-order valence-electron chi connectivity index (χ2n) is 5.76. The van der Waals surface area contributed by atoms with Gasteiger partial charge in [-0.15, -0.1) is 11.8 Å². The number of para-hydroxylation sites is 1. The molecule has 0 atom stereocenters. The molecule has 0 spiro atoms. The van der Waals surface area contributed by atoms with Gasteiger partial charge in [0.15, 0.2) is 6.61 Å². The predicted octanol–water partition coefficient (Wildman–Crippen LogP) is 4.21. The zero-order valence-corrected chi connectivity index (χ0v) is 16.0. The van der Waals surface area contributed by atoms with Gasteiger partial charge in [0.2, 0.25) is 0 Å². The van der Waals surface area contributed by atoms with Crippen molar-refractivity contribution in [1.29, 1.82) is 0 Å². The molecule has 0 fully saturated rings. The first-order valence-electron chi connectivity index (χ1n) is 8.06. The van der Waals surface area contributed by atoms with Gasteiger partial charge in [0.25, 0.3) is 5.91 Å². The van der Waals surface area contributed by atoms with Crippen LogP contribution in [0.3, 0.4) is 0 Å². The number of hydrogen-bond acceptors (Lipinski definition) is 4. The van der Waals surface area contributed by atoms with Crippen molar-refractivity contribution < 1.29 is 14.3 Å². The number of rotatable bonds is 6. The smallest absolute Gasteiger partial charge is 0.316 e. The maximum absolute atomic E-state index is 11.9. The Hall–Kier alpha value is -1.79. The van der Waals surface area contributed by atoms with Crippen LogP contribution in [0.1, 0.15) is 17.5 Å². The third-order valence-electron chi connectivity index (χ3n) is 3.94. The summed E-state index contributed by atoms with van der Waals surface area (Å²) in [6, 6.07) is 13.6. The summed E-state index contributed by atoms with van der Waals surface area (Å²) in [5.41, 5.74) is 3.44. The Morgan fingerprint density at radius 3 is 2.76 bits per heavy atom. The summed E-state index contributed by atoms with van der Waals surface area (Å²) in [5.74, 6) is -0.559. The summed E-state index contributed by atoms with van der Waals surface area (Å²) in [6.07, 6.45) is 3.47. The van der Waals surface area contributed by atoms with E-state index in [-0.39, 0.29) is 18.3 Å². The van der Waals surface area contributed by atoms with Gasteiger partial charge >= 0.3 is 5.97 Å². The number of benzene rings is 2. The molecule has 2 aromatic rings. The second kappa shape index (κ2) is 8.54. The fourth-order valence-electron chi connectivity index (χ4n) is 2.72. The summed E-state index contributed by atoms with van der Waals surface area (Å²) >= 11 is 4.79. The average molecular weight is 420 g/mol. The summed E-state index contributed by atoms with van der Waals surface area (Å²) in [6.45, 7) is -0.287. The Labute approximate surface area is 159 Å². The van der Waals surface area contributed by atoms with Crippen molar-refractivity contribution in [2.45, 2.75) is 24.2 Å². The van der Waals surface area contributed by atoms with Crippen LogP contribution in [0.4, 0.5) is 5.69 Å². The number of thioether (sulfide) groups is 1. The van der Waals surface area contributed by atoms with E-state index in [9.17, 15) is 9.59 Å². The minimum Gasteiger partial charge on any atom is -0.455 e. The van der Waals surface area contributed by atoms with E-state index < -0.39 is 5.97 Å². The van der Waals surface area contributed by atoms with E-state index in [0.717, 1.165) is 22.2 Å². The normalized spacial score (nSPS) is 12.5. The number of fused-ring (bicyclic) bond motifs is 1. The molecule has 0 heterocycles. The first-order chi connectivity index (χ1) is 12.1. The quantitative estimate of drug-likeness (QED) is 0.562. The Bertz CT molecular complexity index is 794. The fraction of sp³-hybridized carbons (Fsp3) is 0.263. The molecular weight excluding hydrogens is 402 g/mol. The van der Waals surface area contributed by atoms with E-state index in [1.54, 1.807) is 6.07 Å². The van der Waals surface area contributed by atoms with E-state index in [1.165, 1.54) is 29.3 Å². The molecule has 3 rings (SSSR count). The van der Waals surface area contributed by atoms with Gasteiger partial charge in [-0.3, -0.25) is 9.59 Å². The summed E-state index contributed by atoms with van der Waals surface area (Å²) in [5, 5.41) is 2.70. The van der Waals surface area contributed by atoms with Gasteiger partial charge in [0.1, 0.15) is 0 Å². The summed E-state index contributed by atoms with van der Waals surface area (Å²) in [4.78, 5) is 24.8. The van der Waals surface area contributed by atoms with Crippen molar-refractivity contribution in [3.63, 3.8) is 0 Å². The Balaban J connectivity index is 1.42. The number of ether oxygens (including phenoxy) is 1. The molecule has 25 heavy (non-hydrogen) atoms. The van der Waals surface area contributed by atoms with E-state index in [2.05, 4.69) is 33.4 Å². The third-order valence-corrected chi connectivity index (χ3v) is 5.60. The van der Waals surface area contributed by atoms with Crippen LogP contribution >= 0.6 is 27.7 Å². The molecule has 0 radical (unpaired) electrons. The topological polar surface area (TPSA) is 55.4 Å². The standard InChI is InChI=1S/C19H18BrNO3S/c20-16-6-1-2-7-17(16)21-18(22)11-24-19(23)12-25-15-9-8-13-4-3-5-14(13)10-15/h1-2,6-10H,3-5,11-12H2,(H,21,22). The van der Waals surface area contributed by atoms with Crippen molar-refractivity contribution in [2.24, 2.45) is 0 Å². The second-order valence-corrected chi connectivity index (χ2v) is 7.66. The number of hydrogen-bond donors (Lipinski definition) is 1. The largest absolute Gasteiger partial charge is 0.455 e. The molecule has 1 aliphatic rings. The third kappa shape index (κ3) is 5.09. The molecule has 6 heteroatoms. The lowest BCUT2D eigenvalue weighted by Crippen LogP contribution is -2.21. The van der Waals surface area contributed by atoms with Crippen LogP contribution in [0.5, 0.6) is 0 Å². The Morgan fingerprint density at radius 2 is 1.92 bits per heavy atom. The van der Waals surface area contributed by atoms with Gasteiger partial charge in [-0.05, 0) is 70.6 Å². The van der Waals surface area contributed by atoms with E-state index in [4.69, 9.17) is 4.74 Å². The first-order valence-corrected chi connectivity index (χ1v) is 9.84. The number of carbonyl (C=O) groups is 2. The van der Waals surface area contributed by atoms with E-state index in [1.807, 2.05) is 24.3 Å². The van der Waals surface area contributed by atoms with Crippen molar-refractivity contribution in [2.75, 3.05) is 17.7 Å². The number of amides is 1. The highest BCUT2D eigenvalue weighted by atomic mass is 79.9. The highest BCUT2D eigenvalue weighted by molar-refractivity contribution is 9.10. The fourth-order valence-corrected chi connectivity index (χ4v) is 3.86. The molecule has 0 unspecified atom stereocenters. The molecule has 1 aliphatic carbocycles. The van der Waals surface area contributed by atoms with Gasteiger partial charge in [0, 0.05) is 9.37 Å². The number of anilines is 1. The zero-order chi connectivity index (χ0) is 17.6. The summed E-state index contributed by atoms with van der Waals surface area (Å²) < 4.78 is 5.82. The minimum absolute atomic E-state index is 0.196. The average Bonchev–Trinajstić information content (AvgIpc) is 3.08. The maximum Gasteiger partial charge on any atom is 0.316 e. The van der Waals surface area contributed by atoms with Crippen molar-refractivity contribution in [3.8, 4) is 0 Å². The van der Waals surface area contributed by atoms with Gasteiger partial charge < -0.3 is 10.1 Å². The van der Waals surface area contributed by atoms with Crippen molar-refractivity contribution >= 4 is 45.3 Å². The molecule has 1 N–H and O–H groups in total. The van der Waals surface area contributed by atoms with Crippen LogP contribution in [0.25, 0.3) is 0 Å². The molecular formula is C19H18BrNO3S. The lowest BCUT2D eigenvalue weighted by atomic mass is 10.1. The van der Waals surface area contributed by atoms with Gasteiger partial charge in [-0.2, -0.15) is 0 Å². The number of halogens is 1. The Morgan fingerprint density at radius 1 is 1.12 bits per heavy atom. The van der Waals surface area contributed by atoms with Gasteiger partial charge in [-0.25, -0.2) is 0 Å². The van der Waals surface area contributed by atoms with Crippen molar-refractivity contribution in [3.05, 3.63) is 58.1 Å². The molecule has 0 aromatic heterocycles. The highest BCUT2D eigenvalue weighted by Crippen LogP contribution is 2.27. The molecule has 0 aliphatic heterocycles. The summed E-state index contributed by atoms with van der Waals surface area (Å²) in [7, 11) is 0. The highest BCUT2D eigenvalue weighted by Gasteiger charge is 2.13. The van der Waals surface area contributed by atoms with Crippen LogP contribution in [-0.2, 0) is 27.2 Å². The zero-order valence-electron chi connectivity index (χ0n) is 13.6. The first kappa shape index (κ1) is 18.0. The number of nitrogens with one attached hydrogen (secondary N) is 1. The van der Waals surface area contributed by atoms with E-state index >= 15 is 0 Å². The SMILES string of the molecule is O=C(COC(=O)CSc1ccc2c(c1)CCC2)Nc1ccccc1Br. The Kier molecular flexibility index (Phi) is 6.15. The van der Waals surface area contributed by atoms with E-state index in [0.29, 0.717) is 5.69 Å². The molecule has 0 saturated carbocycles. The van der Waals surface area contributed by atoms with Gasteiger partial charge in [0.05, 0.1) is 11.4 Å². The van der Waals surface area contributed by atoms with Gasteiger partial charge in [-0.1, -0.05) is 18.2 Å². The maximum atomic E-state index is 11.9. The number of carbonyl (C=O) groups excluding carboxylic acids is 2. The number of esters is 1. The minimum atomic E-state index is -0.396. The predicted molar refractivity (Wildman–Crippen MR) is 103 cm³/mol. The van der Waals surface area contributed by atoms with Crippen LogP contribution < -0.4 is 5.32 Å². The molecule has 130 valence electrons. The lowest BCUT2D eigenvalue weighted by molar-refractivity contribution is -0.144. The monoisotopic (exact) mass is 419 g/mol. The van der Waals surface area contributed by atoms with Crippen LogP contribution in [-0.4, -0.2) is 24.2 Å². The molecule has 1 amide bonds. The molecule has 0 saturated heterocycles. The van der Waals surface area contributed by atoms with Crippen LogP contribution in [0.2, 0.25) is 0 Å². The molecule has 4 nitrogen and oxygen atoms in total. The van der Waals surface area contributed by atoms with Crippen molar-refractivity contribution in [1.82, 2.24) is 0 Å². The lowest BCUT2D eigenvalue weighted by Gasteiger charge is -2.08. The molecule has 2 aromatic carbocycles. The number of aryl methyl sites for hydroxylation is 2. The molecule has 0 bridgehead atoms.